The summed E-state index contributed by atoms with van der Waals surface area (Å²) in [4.78, 5) is 4.38. The largest absolute Gasteiger partial charge is 0.418 e. The van der Waals surface area contributed by atoms with E-state index in [1.165, 1.54) is 29.7 Å². The van der Waals surface area contributed by atoms with Crippen LogP contribution in [0.2, 0.25) is 10.0 Å². The molecule has 28 heavy (non-hydrogen) atoms. The van der Waals surface area contributed by atoms with E-state index in [9.17, 15) is 18.4 Å². The summed E-state index contributed by atoms with van der Waals surface area (Å²) in [6.45, 7) is 0. The van der Waals surface area contributed by atoms with E-state index in [-0.39, 0.29) is 16.3 Å². The lowest BCUT2D eigenvalue weighted by Gasteiger charge is -2.13. The van der Waals surface area contributed by atoms with Crippen molar-refractivity contribution in [1.82, 2.24) is 4.98 Å². The number of allylic oxidation sites excluding steroid dienone is 1. The number of nitrogens with one attached hydrogen (secondary N) is 1. The molecule has 0 bridgehead atoms. The van der Waals surface area contributed by atoms with Gasteiger partial charge >= 0.3 is 6.18 Å². The molecule has 0 saturated heterocycles. The number of benzene rings is 2. The minimum atomic E-state index is -4.59. The maximum atomic E-state index is 13.2. The summed E-state index contributed by atoms with van der Waals surface area (Å²) >= 11 is 12.7. The predicted molar refractivity (Wildman–Crippen MR) is 106 cm³/mol. The van der Waals surface area contributed by atoms with Crippen molar-refractivity contribution in [3.63, 3.8) is 0 Å². The van der Waals surface area contributed by atoms with Crippen LogP contribution in [-0.2, 0) is 6.18 Å². The Balaban J connectivity index is 1.88. The van der Waals surface area contributed by atoms with Crippen molar-refractivity contribution in [2.75, 3.05) is 5.32 Å². The fraction of sp³-hybridized carbons (Fsp3) is 0.0526. The third kappa shape index (κ3) is 4.65. The lowest BCUT2D eigenvalue weighted by atomic mass is 10.1. The predicted octanol–water partition coefficient (Wildman–Crippen LogP) is 7.11. The number of thiazole rings is 1. The van der Waals surface area contributed by atoms with Gasteiger partial charge in [0.05, 0.1) is 16.9 Å². The monoisotopic (exact) mass is 439 g/mol. The summed E-state index contributed by atoms with van der Waals surface area (Å²) in [5.74, 6) is 0. The van der Waals surface area contributed by atoms with Gasteiger partial charge in [-0.25, -0.2) is 4.98 Å². The molecule has 1 heterocycles. The molecular weight excluding hydrogens is 430 g/mol. The number of hydrogen-bond acceptors (Lipinski definition) is 4. The molecule has 0 fully saturated rings. The van der Waals surface area contributed by atoms with Crippen molar-refractivity contribution < 1.29 is 13.2 Å². The lowest BCUT2D eigenvalue weighted by Crippen LogP contribution is -2.08. The van der Waals surface area contributed by atoms with Crippen LogP contribution in [0.1, 0.15) is 10.6 Å². The third-order valence-corrected chi connectivity index (χ3v) is 5.02. The molecule has 1 aromatic heterocycles. The average Bonchev–Trinajstić information content (AvgIpc) is 3.13. The van der Waals surface area contributed by atoms with Crippen LogP contribution in [0.15, 0.2) is 54.0 Å². The molecular formula is C19H10Cl2F3N3S. The summed E-state index contributed by atoms with van der Waals surface area (Å²) in [5, 5.41) is 14.6. The number of rotatable bonds is 4. The van der Waals surface area contributed by atoms with Crippen molar-refractivity contribution >= 4 is 45.8 Å². The highest BCUT2D eigenvalue weighted by Crippen LogP contribution is 2.37. The van der Waals surface area contributed by atoms with Crippen LogP contribution in [0, 0.1) is 11.3 Å². The number of aromatic nitrogens is 1. The quantitative estimate of drug-likeness (QED) is 0.440. The number of nitrogens with zero attached hydrogens (tertiary/aromatic N) is 2. The summed E-state index contributed by atoms with van der Waals surface area (Å²) in [5.41, 5.74) is 0.427. The number of alkyl halides is 3. The Morgan fingerprint density at radius 2 is 1.79 bits per heavy atom. The van der Waals surface area contributed by atoms with Crippen molar-refractivity contribution in [3.05, 3.63) is 74.7 Å². The van der Waals surface area contributed by atoms with Gasteiger partial charge in [-0.1, -0.05) is 35.3 Å². The van der Waals surface area contributed by atoms with E-state index in [4.69, 9.17) is 23.2 Å². The van der Waals surface area contributed by atoms with Crippen molar-refractivity contribution in [1.29, 1.82) is 5.26 Å². The molecule has 2 aromatic carbocycles. The molecule has 0 aliphatic heterocycles. The molecule has 0 radical (unpaired) electrons. The Morgan fingerprint density at radius 3 is 2.43 bits per heavy atom. The highest BCUT2D eigenvalue weighted by Gasteiger charge is 2.33. The molecule has 3 nitrogen and oxygen atoms in total. The fourth-order valence-corrected chi connectivity index (χ4v) is 3.41. The molecule has 0 aliphatic carbocycles. The first-order valence-electron chi connectivity index (χ1n) is 7.73. The second kappa shape index (κ2) is 8.23. The van der Waals surface area contributed by atoms with Crippen LogP contribution >= 0.6 is 34.5 Å². The van der Waals surface area contributed by atoms with Crippen LogP contribution < -0.4 is 5.32 Å². The molecule has 3 aromatic rings. The minimum absolute atomic E-state index is 0.0325. The topological polar surface area (TPSA) is 48.7 Å². The number of halogens is 5. The Bertz CT molecular complexity index is 1070. The second-order valence-electron chi connectivity index (χ2n) is 5.55. The number of nitriles is 1. The first-order chi connectivity index (χ1) is 13.3. The van der Waals surface area contributed by atoms with Gasteiger partial charge in [0.1, 0.15) is 16.6 Å². The molecule has 142 valence electrons. The lowest BCUT2D eigenvalue weighted by molar-refractivity contribution is -0.136. The van der Waals surface area contributed by atoms with Crippen molar-refractivity contribution in [3.8, 4) is 17.3 Å². The average molecular weight is 440 g/mol. The van der Waals surface area contributed by atoms with Gasteiger partial charge in [0, 0.05) is 27.2 Å². The summed E-state index contributed by atoms with van der Waals surface area (Å²) in [6, 6.07) is 12.3. The summed E-state index contributed by atoms with van der Waals surface area (Å²) in [6.07, 6.45) is -3.39. The van der Waals surface area contributed by atoms with Gasteiger partial charge in [-0.05, 0) is 30.3 Å². The van der Waals surface area contributed by atoms with Crippen molar-refractivity contribution in [2.45, 2.75) is 6.18 Å². The number of hydrogen-bond donors (Lipinski definition) is 1. The Labute approximate surface area is 172 Å². The molecule has 0 atom stereocenters. The first kappa shape index (κ1) is 20.2. The highest BCUT2D eigenvalue weighted by atomic mass is 35.5. The molecule has 0 spiro atoms. The molecule has 0 unspecified atom stereocenters. The standard InChI is InChI=1S/C19H10Cl2F3N3S/c20-13-3-1-11(2-4-13)17-10-28-18(27-17)12(8-25)9-26-16-6-5-14(21)7-15(16)19(22,23)24/h1-7,9-10,26H/b12-9+. The minimum Gasteiger partial charge on any atom is -0.360 e. The highest BCUT2D eigenvalue weighted by molar-refractivity contribution is 7.11. The van der Waals surface area contributed by atoms with E-state index in [0.29, 0.717) is 15.7 Å². The van der Waals surface area contributed by atoms with E-state index in [0.717, 1.165) is 11.6 Å². The van der Waals surface area contributed by atoms with Crippen LogP contribution in [-0.4, -0.2) is 4.98 Å². The third-order valence-electron chi connectivity index (χ3n) is 3.65. The van der Waals surface area contributed by atoms with E-state index in [2.05, 4.69) is 10.3 Å². The van der Waals surface area contributed by atoms with Gasteiger partial charge < -0.3 is 5.32 Å². The first-order valence-corrected chi connectivity index (χ1v) is 9.37. The van der Waals surface area contributed by atoms with Gasteiger partial charge in [-0.2, -0.15) is 18.4 Å². The smallest absolute Gasteiger partial charge is 0.360 e. The molecule has 0 aliphatic rings. The molecule has 0 amide bonds. The normalized spacial score (nSPS) is 11.9. The molecule has 0 saturated carbocycles. The van der Waals surface area contributed by atoms with E-state index in [1.54, 1.807) is 29.6 Å². The van der Waals surface area contributed by atoms with Gasteiger partial charge in [-0.3, -0.25) is 0 Å². The molecule has 3 rings (SSSR count). The van der Waals surface area contributed by atoms with E-state index >= 15 is 0 Å². The van der Waals surface area contributed by atoms with Crippen LogP contribution in [0.4, 0.5) is 18.9 Å². The van der Waals surface area contributed by atoms with Gasteiger partial charge in [-0.15, -0.1) is 11.3 Å². The Kier molecular flexibility index (Phi) is 5.94. The van der Waals surface area contributed by atoms with E-state index in [1.807, 2.05) is 6.07 Å². The Hall–Kier alpha value is -2.53. The summed E-state index contributed by atoms with van der Waals surface area (Å²) in [7, 11) is 0. The zero-order valence-electron chi connectivity index (χ0n) is 13.9. The maximum Gasteiger partial charge on any atom is 0.418 e. The second-order valence-corrected chi connectivity index (χ2v) is 7.28. The van der Waals surface area contributed by atoms with Crippen molar-refractivity contribution in [2.24, 2.45) is 0 Å². The number of anilines is 1. The maximum absolute atomic E-state index is 13.2. The van der Waals surface area contributed by atoms with Crippen LogP contribution in [0.5, 0.6) is 0 Å². The van der Waals surface area contributed by atoms with Gasteiger partial charge in [0.25, 0.3) is 0 Å². The molecule has 1 N–H and O–H groups in total. The zero-order chi connectivity index (χ0) is 20.3. The zero-order valence-corrected chi connectivity index (χ0v) is 16.2. The fourth-order valence-electron chi connectivity index (χ4n) is 2.32. The molecule has 9 heteroatoms. The van der Waals surface area contributed by atoms with Crippen LogP contribution in [0.3, 0.4) is 0 Å². The SMILES string of the molecule is N#C/C(=C\Nc1ccc(Cl)cc1C(F)(F)F)c1nc(-c2ccc(Cl)cc2)cs1. The van der Waals surface area contributed by atoms with Gasteiger partial charge in [0.15, 0.2) is 0 Å². The van der Waals surface area contributed by atoms with Gasteiger partial charge in [0.2, 0.25) is 0 Å². The van der Waals surface area contributed by atoms with E-state index < -0.39 is 11.7 Å². The van der Waals surface area contributed by atoms with Crippen LogP contribution in [0.25, 0.3) is 16.8 Å². The Morgan fingerprint density at radius 1 is 1.11 bits per heavy atom. The summed E-state index contributed by atoms with van der Waals surface area (Å²) < 4.78 is 39.5.